The van der Waals surface area contributed by atoms with E-state index in [-0.39, 0.29) is 18.0 Å². The summed E-state index contributed by atoms with van der Waals surface area (Å²) in [7, 11) is 0. The van der Waals surface area contributed by atoms with Crippen molar-refractivity contribution in [3.8, 4) is 0 Å². The highest BCUT2D eigenvalue weighted by Gasteiger charge is 2.10. The average molecular weight is 237 g/mol. The van der Waals surface area contributed by atoms with E-state index in [0.717, 1.165) is 0 Å². The molecule has 17 heavy (non-hydrogen) atoms. The Labute approximate surface area is 98.8 Å². The van der Waals surface area contributed by atoms with Gasteiger partial charge in [-0.2, -0.15) is 0 Å². The number of hydrogen-bond donors (Lipinski definition) is 3. The van der Waals surface area contributed by atoms with Crippen LogP contribution < -0.4 is 11.1 Å². The highest BCUT2D eigenvalue weighted by Crippen LogP contribution is 2.12. The molecule has 0 spiro atoms. The first-order chi connectivity index (χ1) is 7.90. The molecule has 0 aliphatic rings. The summed E-state index contributed by atoms with van der Waals surface area (Å²) in [6.07, 6.45) is 0.196. The smallest absolute Gasteiger partial charge is 0.337 e. The minimum atomic E-state index is -1.01. The van der Waals surface area contributed by atoms with E-state index in [2.05, 4.69) is 10.3 Å². The Kier molecular flexibility index (Phi) is 4.03. The van der Waals surface area contributed by atoms with E-state index < -0.39 is 11.9 Å². The maximum atomic E-state index is 10.8. The van der Waals surface area contributed by atoms with E-state index in [1.54, 1.807) is 19.9 Å². The van der Waals surface area contributed by atoms with Gasteiger partial charge in [-0.05, 0) is 26.0 Å². The molecule has 1 unspecified atom stereocenters. The minimum absolute atomic E-state index is 0.143. The van der Waals surface area contributed by atoms with Crippen molar-refractivity contribution in [2.24, 2.45) is 5.73 Å². The van der Waals surface area contributed by atoms with E-state index in [0.29, 0.717) is 11.5 Å². The second-order valence-electron chi connectivity index (χ2n) is 3.85. The molecule has 4 N–H and O–H groups in total. The van der Waals surface area contributed by atoms with E-state index >= 15 is 0 Å². The molecule has 1 rings (SSSR count). The van der Waals surface area contributed by atoms with Crippen LogP contribution in [0.1, 0.15) is 29.4 Å². The zero-order valence-corrected chi connectivity index (χ0v) is 9.73. The molecule has 0 aliphatic carbocycles. The van der Waals surface area contributed by atoms with E-state index in [9.17, 15) is 9.59 Å². The van der Waals surface area contributed by atoms with Crippen LogP contribution in [0.3, 0.4) is 0 Å². The second-order valence-corrected chi connectivity index (χ2v) is 3.85. The molecule has 0 aromatic carbocycles. The number of amides is 1. The number of aromatic nitrogens is 1. The van der Waals surface area contributed by atoms with Crippen molar-refractivity contribution in [2.75, 3.05) is 5.32 Å². The van der Waals surface area contributed by atoms with Gasteiger partial charge in [-0.1, -0.05) is 0 Å². The monoisotopic (exact) mass is 237 g/mol. The molecule has 0 fully saturated rings. The van der Waals surface area contributed by atoms with E-state index in [1.165, 1.54) is 6.07 Å². The minimum Gasteiger partial charge on any atom is -0.478 e. The highest BCUT2D eigenvalue weighted by atomic mass is 16.4. The lowest BCUT2D eigenvalue weighted by molar-refractivity contribution is -0.118. The van der Waals surface area contributed by atoms with Crippen LogP contribution in [0, 0.1) is 6.92 Å². The second kappa shape index (κ2) is 5.29. The molecule has 0 bridgehead atoms. The number of pyridine rings is 1. The molecule has 1 amide bonds. The summed E-state index contributed by atoms with van der Waals surface area (Å²) in [6.45, 7) is 3.42. The topological polar surface area (TPSA) is 105 Å². The number of carboxylic acids is 1. The number of nitrogens with one attached hydrogen (secondary N) is 1. The summed E-state index contributed by atoms with van der Waals surface area (Å²) in [5, 5.41) is 11.8. The first kappa shape index (κ1) is 13.0. The Morgan fingerprint density at radius 3 is 2.65 bits per heavy atom. The summed E-state index contributed by atoms with van der Waals surface area (Å²) in [5.41, 5.74) is 5.65. The highest BCUT2D eigenvalue weighted by molar-refractivity contribution is 5.89. The Bertz CT molecular complexity index is 446. The van der Waals surface area contributed by atoms with Crippen LogP contribution in [0.25, 0.3) is 0 Å². The summed E-state index contributed by atoms with van der Waals surface area (Å²) in [5.74, 6) is -0.878. The van der Waals surface area contributed by atoms with Gasteiger partial charge in [-0.25, -0.2) is 9.78 Å². The number of carbonyl (C=O) groups excluding carboxylic acids is 1. The number of hydrogen-bond acceptors (Lipinski definition) is 4. The average Bonchev–Trinajstić information content (AvgIpc) is 2.15. The number of nitrogens with zero attached hydrogens (tertiary/aromatic N) is 1. The fourth-order valence-electron chi connectivity index (χ4n) is 1.47. The number of nitrogens with two attached hydrogens (primary N) is 1. The van der Waals surface area contributed by atoms with Gasteiger partial charge in [0.05, 0.1) is 11.3 Å². The van der Waals surface area contributed by atoms with Gasteiger partial charge in [0.15, 0.2) is 0 Å². The zero-order chi connectivity index (χ0) is 13.0. The third kappa shape index (κ3) is 3.75. The molecule has 0 saturated carbocycles. The van der Waals surface area contributed by atoms with Gasteiger partial charge in [0.25, 0.3) is 0 Å². The number of aromatic carboxylic acids is 1. The van der Waals surface area contributed by atoms with Gasteiger partial charge in [0.1, 0.15) is 5.82 Å². The number of carboxylic acid groups (broad SMARTS) is 1. The molecule has 0 aliphatic heterocycles. The molecule has 92 valence electrons. The van der Waals surface area contributed by atoms with Crippen LogP contribution in [-0.4, -0.2) is 28.0 Å². The Balaban J connectivity index is 2.77. The molecule has 1 atom stereocenters. The van der Waals surface area contributed by atoms with E-state index in [4.69, 9.17) is 10.8 Å². The number of rotatable bonds is 5. The number of primary amides is 1. The molecule has 1 aromatic heterocycles. The molecule has 6 heteroatoms. The van der Waals surface area contributed by atoms with Crippen molar-refractivity contribution >= 4 is 17.7 Å². The van der Waals surface area contributed by atoms with Crippen LogP contribution in [0.15, 0.2) is 12.1 Å². The fraction of sp³-hybridized carbons (Fsp3) is 0.364. The third-order valence-electron chi connectivity index (χ3n) is 2.22. The van der Waals surface area contributed by atoms with Gasteiger partial charge < -0.3 is 16.2 Å². The molecule has 1 heterocycles. The number of anilines is 1. The third-order valence-corrected chi connectivity index (χ3v) is 2.22. The molecule has 0 radical (unpaired) electrons. The predicted molar refractivity (Wildman–Crippen MR) is 62.8 cm³/mol. The van der Waals surface area contributed by atoms with Crippen LogP contribution >= 0.6 is 0 Å². The number of carbonyl (C=O) groups is 2. The summed E-state index contributed by atoms with van der Waals surface area (Å²) >= 11 is 0. The Morgan fingerprint density at radius 1 is 1.53 bits per heavy atom. The molecular weight excluding hydrogens is 222 g/mol. The maximum absolute atomic E-state index is 10.8. The lowest BCUT2D eigenvalue weighted by Crippen LogP contribution is -2.24. The van der Waals surface area contributed by atoms with Crippen molar-refractivity contribution in [3.05, 3.63) is 23.4 Å². The zero-order valence-electron chi connectivity index (χ0n) is 9.73. The standard InChI is InChI=1S/C11H15N3O3/c1-6(5-9(12)15)13-10-4-3-8(11(16)17)7(2)14-10/h3-4,6H,5H2,1-2H3,(H2,12,15)(H,13,14)(H,16,17). The fourth-order valence-corrected chi connectivity index (χ4v) is 1.47. The first-order valence-electron chi connectivity index (χ1n) is 5.16. The van der Waals surface area contributed by atoms with Gasteiger partial charge >= 0.3 is 5.97 Å². The van der Waals surface area contributed by atoms with Gasteiger partial charge in [-0.15, -0.1) is 0 Å². The number of aryl methyl sites for hydroxylation is 1. The van der Waals surface area contributed by atoms with Crippen molar-refractivity contribution < 1.29 is 14.7 Å². The molecule has 1 aromatic rings. The van der Waals surface area contributed by atoms with Crippen molar-refractivity contribution in [2.45, 2.75) is 26.3 Å². The largest absolute Gasteiger partial charge is 0.478 e. The molecule has 6 nitrogen and oxygen atoms in total. The van der Waals surface area contributed by atoms with Gasteiger partial charge in [0, 0.05) is 12.5 Å². The maximum Gasteiger partial charge on any atom is 0.337 e. The summed E-state index contributed by atoms with van der Waals surface area (Å²) in [4.78, 5) is 25.6. The normalized spacial score (nSPS) is 11.9. The van der Waals surface area contributed by atoms with Crippen molar-refractivity contribution in [3.63, 3.8) is 0 Å². The van der Waals surface area contributed by atoms with Crippen LogP contribution in [0.2, 0.25) is 0 Å². The van der Waals surface area contributed by atoms with Crippen LogP contribution in [0.5, 0.6) is 0 Å². The predicted octanol–water partition coefficient (Wildman–Crippen LogP) is 0.764. The first-order valence-corrected chi connectivity index (χ1v) is 5.16. The van der Waals surface area contributed by atoms with Crippen LogP contribution in [-0.2, 0) is 4.79 Å². The SMILES string of the molecule is Cc1nc(NC(C)CC(N)=O)ccc1C(=O)O. The lowest BCUT2D eigenvalue weighted by Gasteiger charge is -2.13. The van der Waals surface area contributed by atoms with E-state index in [1.807, 2.05) is 0 Å². The quantitative estimate of drug-likeness (QED) is 0.701. The van der Waals surface area contributed by atoms with Gasteiger partial charge in [0.2, 0.25) is 5.91 Å². The Hall–Kier alpha value is -2.11. The van der Waals surface area contributed by atoms with Crippen LogP contribution in [0.4, 0.5) is 5.82 Å². The van der Waals surface area contributed by atoms with Crippen molar-refractivity contribution in [1.82, 2.24) is 4.98 Å². The van der Waals surface area contributed by atoms with Crippen molar-refractivity contribution in [1.29, 1.82) is 0 Å². The summed E-state index contributed by atoms with van der Waals surface area (Å²) < 4.78 is 0. The Morgan fingerprint density at radius 2 is 2.18 bits per heavy atom. The summed E-state index contributed by atoms with van der Waals surface area (Å²) in [6, 6.07) is 2.90. The lowest BCUT2D eigenvalue weighted by atomic mass is 10.2. The molecule has 0 saturated heterocycles. The molecular formula is C11H15N3O3. The van der Waals surface area contributed by atoms with Gasteiger partial charge in [-0.3, -0.25) is 4.79 Å².